The number of pyridine rings is 1. The Labute approximate surface area is 217 Å². The third-order valence-electron chi connectivity index (χ3n) is 6.10. The standard InChI is InChI=1S/C25H25Cl2F3N4O2/c1-2-25(29,30)23(33-17-4-3-5-17)18(10-31)24(36)34(13-15-6-8-16(28)9-7-15)14-21(35)22-19(26)11-32-12-20(22)27/h6-12,17,31,33H,2-5,13-14H2,1H3/p+1/b23-18+,31-10?. The predicted octanol–water partition coefficient (Wildman–Crippen LogP) is 4.80. The first-order valence-corrected chi connectivity index (χ1v) is 12.2. The minimum Gasteiger partial charge on any atom is -0.326 e. The molecule has 3 rings (SSSR count). The van der Waals surface area contributed by atoms with Crippen LogP contribution in [-0.2, 0) is 11.3 Å². The third-order valence-corrected chi connectivity index (χ3v) is 6.67. The zero-order valence-electron chi connectivity index (χ0n) is 19.5. The van der Waals surface area contributed by atoms with Crippen LogP contribution < -0.4 is 5.32 Å². The van der Waals surface area contributed by atoms with E-state index in [0.29, 0.717) is 11.8 Å². The number of hydrogen-bond donors (Lipinski definition) is 2. The van der Waals surface area contributed by atoms with Gasteiger partial charge in [-0.15, -0.1) is 0 Å². The summed E-state index contributed by atoms with van der Waals surface area (Å²) >= 11 is 12.2. The Balaban J connectivity index is 2.03. The normalized spacial score (nSPS) is 14.6. The second-order valence-corrected chi connectivity index (χ2v) is 9.39. The summed E-state index contributed by atoms with van der Waals surface area (Å²) in [6.07, 6.45) is 4.84. The number of amides is 1. The van der Waals surface area contributed by atoms with Gasteiger partial charge in [-0.1, -0.05) is 42.3 Å². The molecular formula is C25H26Cl2F3N4O2+. The van der Waals surface area contributed by atoms with Crippen molar-refractivity contribution in [1.82, 2.24) is 9.88 Å². The van der Waals surface area contributed by atoms with E-state index in [9.17, 15) is 22.8 Å². The van der Waals surface area contributed by atoms with Gasteiger partial charge in [-0.25, -0.2) is 4.39 Å². The highest BCUT2D eigenvalue weighted by molar-refractivity contribution is 6.39. The van der Waals surface area contributed by atoms with Crippen LogP contribution in [0.3, 0.4) is 0 Å². The minimum atomic E-state index is -3.35. The number of nitrogens with one attached hydrogen (secondary N) is 1. The number of quaternary nitrogens is 1. The first kappa shape index (κ1) is 27.8. The van der Waals surface area contributed by atoms with Gasteiger partial charge in [0.2, 0.25) is 0 Å². The van der Waals surface area contributed by atoms with E-state index in [1.807, 2.05) is 0 Å². The number of benzene rings is 1. The summed E-state index contributed by atoms with van der Waals surface area (Å²) in [6.45, 7) is 0.538. The van der Waals surface area contributed by atoms with E-state index in [-0.39, 0.29) is 28.2 Å². The van der Waals surface area contributed by atoms with Gasteiger partial charge in [0.15, 0.2) is 11.5 Å². The van der Waals surface area contributed by atoms with Gasteiger partial charge in [-0.2, -0.15) is 8.78 Å². The van der Waals surface area contributed by atoms with Crippen molar-refractivity contribution in [1.29, 1.82) is 5.41 Å². The Morgan fingerprint density at radius 2 is 1.81 bits per heavy atom. The van der Waals surface area contributed by atoms with Gasteiger partial charge in [0.25, 0.3) is 5.91 Å². The van der Waals surface area contributed by atoms with E-state index in [1.54, 1.807) is 0 Å². The molecule has 1 aromatic heterocycles. The van der Waals surface area contributed by atoms with Crippen LogP contribution in [-0.4, -0.2) is 46.3 Å². The number of ketones is 1. The molecule has 3 N–H and O–H groups in total. The molecule has 0 unspecified atom stereocenters. The van der Waals surface area contributed by atoms with Crippen molar-refractivity contribution in [2.45, 2.75) is 51.1 Å². The van der Waals surface area contributed by atoms with Gasteiger partial charge in [-0.05, 0) is 37.0 Å². The largest absolute Gasteiger partial charge is 0.326 e. The number of carbonyl (C=O) groups is 2. The Kier molecular flexibility index (Phi) is 9.27. The quantitative estimate of drug-likeness (QED) is 0.243. The maximum atomic E-state index is 15.0. The van der Waals surface area contributed by atoms with Crippen molar-refractivity contribution in [2.24, 2.45) is 0 Å². The molecule has 6 nitrogen and oxygen atoms in total. The van der Waals surface area contributed by atoms with Crippen molar-refractivity contribution in [2.75, 3.05) is 6.54 Å². The molecule has 36 heavy (non-hydrogen) atoms. The first-order chi connectivity index (χ1) is 17.1. The van der Waals surface area contributed by atoms with Crippen LogP contribution in [0.15, 0.2) is 47.9 Å². The smallest absolute Gasteiger partial charge is 0.320 e. The van der Waals surface area contributed by atoms with Crippen LogP contribution in [0, 0.1) is 11.2 Å². The molecule has 1 saturated carbocycles. The molecule has 0 atom stereocenters. The van der Waals surface area contributed by atoms with Gasteiger partial charge in [0.1, 0.15) is 11.4 Å². The molecule has 1 aromatic carbocycles. The second-order valence-electron chi connectivity index (χ2n) is 8.58. The Hall–Kier alpha value is -2.75. The number of rotatable bonds is 11. The zero-order valence-corrected chi connectivity index (χ0v) is 21.1. The zero-order chi connectivity index (χ0) is 26.5. The van der Waals surface area contributed by atoms with Gasteiger partial charge in [0.05, 0.1) is 28.2 Å². The van der Waals surface area contributed by atoms with Gasteiger partial charge in [-0.3, -0.25) is 14.6 Å². The molecule has 11 heteroatoms. The minimum absolute atomic E-state index is 0.0268. The van der Waals surface area contributed by atoms with Crippen molar-refractivity contribution >= 4 is 41.1 Å². The number of carbonyl (C=O) groups excluding carboxylic acids is 2. The Morgan fingerprint density at radius 1 is 1.19 bits per heavy atom. The fraction of sp³-hybridized carbons (Fsp3) is 0.360. The van der Waals surface area contributed by atoms with Gasteiger partial charge in [0, 0.05) is 31.6 Å². The summed E-state index contributed by atoms with van der Waals surface area (Å²) < 4.78 is 43.4. The molecule has 0 saturated heterocycles. The van der Waals surface area contributed by atoms with E-state index < -0.39 is 47.7 Å². The summed E-state index contributed by atoms with van der Waals surface area (Å²) in [4.78, 5) is 31.6. The molecule has 0 bridgehead atoms. The molecule has 192 valence electrons. The summed E-state index contributed by atoms with van der Waals surface area (Å²) in [5, 5.41) is 9.16. The number of nitrogens with two attached hydrogens (primary N) is 1. The monoisotopic (exact) mass is 541 g/mol. The molecular weight excluding hydrogens is 516 g/mol. The van der Waals surface area contributed by atoms with Crippen molar-refractivity contribution in [3.63, 3.8) is 0 Å². The molecule has 0 spiro atoms. The molecule has 1 heterocycles. The maximum Gasteiger partial charge on any atom is 0.320 e. The van der Waals surface area contributed by atoms with Crippen LogP contribution >= 0.6 is 23.2 Å². The molecule has 0 aliphatic heterocycles. The van der Waals surface area contributed by atoms with Crippen LogP contribution in [0.2, 0.25) is 10.0 Å². The molecule has 1 fully saturated rings. The van der Waals surface area contributed by atoms with Crippen LogP contribution in [0.4, 0.5) is 13.2 Å². The van der Waals surface area contributed by atoms with Crippen molar-refractivity contribution in [3.8, 4) is 0 Å². The summed E-state index contributed by atoms with van der Waals surface area (Å²) in [5.41, 5.74) is -0.631. The highest BCUT2D eigenvalue weighted by Gasteiger charge is 2.43. The van der Waals surface area contributed by atoms with E-state index in [1.165, 1.54) is 48.9 Å². The lowest BCUT2D eigenvalue weighted by molar-refractivity contribution is -0.666. The summed E-state index contributed by atoms with van der Waals surface area (Å²) in [7, 11) is 0. The SMILES string of the molecule is CCC(F)(F)/C([NH2+]C1CCC1)=C(/C=N)C(=O)N(CC(=O)c1c(Cl)cncc1Cl)Cc1ccc(F)cc1. The number of halogens is 5. The number of nitrogens with zero attached hydrogens (tertiary/aromatic N) is 2. The van der Waals surface area contributed by atoms with Gasteiger partial charge < -0.3 is 15.6 Å². The van der Waals surface area contributed by atoms with Crippen LogP contribution in [0.5, 0.6) is 0 Å². The van der Waals surface area contributed by atoms with E-state index in [4.69, 9.17) is 28.6 Å². The Bertz CT molecular complexity index is 1150. The van der Waals surface area contributed by atoms with Gasteiger partial charge >= 0.3 is 5.92 Å². The molecule has 0 radical (unpaired) electrons. The van der Waals surface area contributed by atoms with Crippen LogP contribution in [0.25, 0.3) is 0 Å². The van der Waals surface area contributed by atoms with Crippen LogP contribution in [0.1, 0.15) is 48.5 Å². The third kappa shape index (κ3) is 6.52. The average molecular weight is 542 g/mol. The number of allylic oxidation sites excluding steroid dienone is 1. The molecule has 2 aromatic rings. The number of aromatic nitrogens is 1. The average Bonchev–Trinajstić information content (AvgIpc) is 2.81. The molecule has 1 amide bonds. The lowest BCUT2D eigenvalue weighted by Crippen LogP contribution is -2.92. The molecule has 1 aliphatic rings. The molecule has 1 aliphatic carbocycles. The van der Waals surface area contributed by atoms with Crippen molar-refractivity contribution < 1.29 is 28.1 Å². The predicted molar refractivity (Wildman–Crippen MR) is 131 cm³/mol. The lowest BCUT2D eigenvalue weighted by Gasteiger charge is -2.29. The highest BCUT2D eigenvalue weighted by Crippen LogP contribution is 2.29. The van der Waals surface area contributed by atoms with E-state index in [2.05, 4.69) is 4.98 Å². The number of alkyl halides is 2. The topological polar surface area (TPSA) is 90.7 Å². The number of hydrogen-bond acceptors (Lipinski definition) is 4. The lowest BCUT2D eigenvalue weighted by atomic mass is 9.91. The highest BCUT2D eigenvalue weighted by atomic mass is 35.5. The first-order valence-electron chi connectivity index (χ1n) is 11.4. The van der Waals surface area contributed by atoms with Crippen molar-refractivity contribution in [3.05, 3.63) is 74.9 Å². The number of Topliss-reactive ketones (excluding diaryl/α,β-unsaturated/α-hetero) is 1. The second kappa shape index (κ2) is 12.0. The summed E-state index contributed by atoms with van der Waals surface area (Å²) in [5.74, 6) is -5.41. The fourth-order valence-corrected chi connectivity index (χ4v) is 4.38. The van der Waals surface area contributed by atoms with E-state index in [0.717, 1.165) is 24.2 Å². The summed E-state index contributed by atoms with van der Waals surface area (Å²) in [6, 6.07) is 5.10. The fourth-order valence-electron chi connectivity index (χ4n) is 3.81. The van der Waals surface area contributed by atoms with E-state index >= 15 is 0 Å². The Morgan fingerprint density at radius 3 is 2.31 bits per heavy atom. The maximum absolute atomic E-state index is 15.0.